The summed E-state index contributed by atoms with van der Waals surface area (Å²) < 4.78 is 11.1. The van der Waals surface area contributed by atoms with Crippen molar-refractivity contribution in [3.63, 3.8) is 0 Å². The van der Waals surface area contributed by atoms with Crippen LogP contribution in [0.15, 0.2) is 83.1 Å². The molecule has 2 aromatic carbocycles. The van der Waals surface area contributed by atoms with Crippen LogP contribution >= 0.6 is 0 Å². The van der Waals surface area contributed by atoms with E-state index in [4.69, 9.17) is 9.15 Å². The number of carbonyl (C=O) groups is 2. The predicted molar refractivity (Wildman–Crippen MR) is 123 cm³/mol. The van der Waals surface area contributed by atoms with Crippen LogP contribution in [0.25, 0.3) is 5.57 Å². The average Bonchev–Trinajstić information content (AvgIpc) is 3.42. The molecular formula is C26H26N2O4. The number of para-hydroxylation sites is 1. The molecule has 1 aliphatic rings. The zero-order valence-electron chi connectivity index (χ0n) is 18.3. The summed E-state index contributed by atoms with van der Waals surface area (Å²) in [6.45, 7) is 5.26. The lowest BCUT2D eigenvalue weighted by Crippen LogP contribution is -2.34. The second-order valence-corrected chi connectivity index (χ2v) is 7.45. The molecule has 0 spiro atoms. The number of ether oxygens (including phenoxy) is 1. The highest BCUT2D eigenvalue weighted by atomic mass is 16.5. The number of likely N-dealkylation sites (N-methyl/N-ethyl adjacent to an activating group) is 1. The summed E-state index contributed by atoms with van der Waals surface area (Å²) in [4.78, 5) is 30.2. The number of imide groups is 1. The van der Waals surface area contributed by atoms with E-state index in [2.05, 4.69) is 0 Å². The molecule has 1 aliphatic heterocycles. The number of amides is 2. The van der Waals surface area contributed by atoms with Crippen molar-refractivity contribution in [1.82, 2.24) is 4.90 Å². The van der Waals surface area contributed by atoms with Crippen LogP contribution in [0.4, 0.5) is 5.69 Å². The van der Waals surface area contributed by atoms with Crippen LogP contribution < -0.4 is 9.64 Å². The lowest BCUT2D eigenvalue weighted by molar-refractivity contribution is -0.137. The highest BCUT2D eigenvalue weighted by Gasteiger charge is 2.42. The minimum Gasteiger partial charge on any atom is -0.494 e. The van der Waals surface area contributed by atoms with E-state index in [0.717, 1.165) is 17.9 Å². The number of hydrogen-bond donors (Lipinski definition) is 0. The van der Waals surface area contributed by atoms with Gasteiger partial charge in [-0.1, -0.05) is 37.3 Å². The molecule has 3 aromatic rings. The lowest BCUT2D eigenvalue weighted by atomic mass is 10.0. The van der Waals surface area contributed by atoms with Crippen molar-refractivity contribution in [2.24, 2.45) is 0 Å². The number of carbonyl (C=O) groups excluding carboxylic acids is 2. The molecule has 6 heteroatoms. The Kier molecular flexibility index (Phi) is 6.40. The second-order valence-electron chi connectivity index (χ2n) is 7.45. The maximum atomic E-state index is 13.5. The molecule has 0 unspecified atom stereocenters. The highest BCUT2D eigenvalue weighted by Crippen LogP contribution is 2.35. The summed E-state index contributed by atoms with van der Waals surface area (Å²) in [5.41, 5.74) is 2.29. The third kappa shape index (κ3) is 4.17. The van der Waals surface area contributed by atoms with Crippen molar-refractivity contribution in [2.45, 2.75) is 26.8 Å². The fourth-order valence-corrected chi connectivity index (χ4v) is 3.79. The van der Waals surface area contributed by atoms with Crippen LogP contribution in [-0.2, 0) is 16.1 Å². The smallest absolute Gasteiger partial charge is 0.278 e. The number of furan rings is 1. The van der Waals surface area contributed by atoms with Crippen molar-refractivity contribution in [3.8, 4) is 5.75 Å². The standard InChI is InChI=1S/C26H26N2O4/c1-3-16-31-21-14-12-19(13-15-21)23-24(27(4-2)20-9-6-5-7-10-20)26(30)28(25(23)29)18-22-11-8-17-32-22/h5-15,17H,3-4,16,18H2,1-2H3. The first kappa shape index (κ1) is 21.4. The largest absolute Gasteiger partial charge is 0.494 e. The van der Waals surface area contributed by atoms with Crippen LogP contribution in [0, 0.1) is 0 Å². The Morgan fingerprint density at radius 2 is 1.66 bits per heavy atom. The fourth-order valence-electron chi connectivity index (χ4n) is 3.79. The van der Waals surface area contributed by atoms with Gasteiger partial charge in [0.1, 0.15) is 17.2 Å². The molecule has 0 aliphatic carbocycles. The van der Waals surface area contributed by atoms with Gasteiger partial charge in [-0.15, -0.1) is 0 Å². The summed E-state index contributed by atoms with van der Waals surface area (Å²) in [5, 5.41) is 0. The molecule has 164 valence electrons. The van der Waals surface area contributed by atoms with E-state index < -0.39 is 0 Å². The van der Waals surface area contributed by atoms with E-state index in [1.807, 2.05) is 73.3 Å². The van der Waals surface area contributed by atoms with E-state index in [1.165, 1.54) is 11.2 Å². The van der Waals surface area contributed by atoms with Crippen molar-refractivity contribution < 1.29 is 18.7 Å². The van der Waals surface area contributed by atoms with Gasteiger partial charge in [-0.05, 0) is 55.3 Å². The van der Waals surface area contributed by atoms with Gasteiger partial charge in [0.25, 0.3) is 11.8 Å². The Balaban J connectivity index is 1.77. The van der Waals surface area contributed by atoms with E-state index >= 15 is 0 Å². The summed E-state index contributed by atoms with van der Waals surface area (Å²) >= 11 is 0. The predicted octanol–water partition coefficient (Wildman–Crippen LogP) is 4.88. The molecule has 0 radical (unpaired) electrons. The van der Waals surface area contributed by atoms with Crippen LogP contribution in [0.5, 0.6) is 5.75 Å². The van der Waals surface area contributed by atoms with Gasteiger partial charge in [0.05, 0.1) is 25.0 Å². The summed E-state index contributed by atoms with van der Waals surface area (Å²) in [7, 11) is 0. The summed E-state index contributed by atoms with van der Waals surface area (Å²) in [6.07, 6.45) is 2.45. The molecule has 0 atom stereocenters. The Bertz CT molecular complexity index is 1100. The first-order valence-corrected chi connectivity index (χ1v) is 10.8. The molecule has 0 bridgehead atoms. The minimum absolute atomic E-state index is 0.0850. The number of nitrogens with zero attached hydrogens (tertiary/aromatic N) is 2. The topological polar surface area (TPSA) is 63.0 Å². The molecule has 2 heterocycles. The monoisotopic (exact) mass is 430 g/mol. The molecular weight excluding hydrogens is 404 g/mol. The summed E-state index contributed by atoms with van der Waals surface area (Å²) in [5.74, 6) is 0.618. The molecule has 4 rings (SSSR count). The number of anilines is 1. The van der Waals surface area contributed by atoms with E-state index in [1.54, 1.807) is 12.1 Å². The molecule has 0 saturated heterocycles. The maximum Gasteiger partial charge on any atom is 0.278 e. The van der Waals surface area contributed by atoms with Gasteiger partial charge in [-0.2, -0.15) is 0 Å². The van der Waals surface area contributed by atoms with E-state index in [9.17, 15) is 9.59 Å². The van der Waals surface area contributed by atoms with Crippen molar-refractivity contribution >= 4 is 23.1 Å². The van der Waals surface area contributed by atoms with Gasteiger partial charge in [0.2, 0.25) is 0 Å². The zero-order chi connectivity index (χ0) is 22.5. The van der Waals surface area contributed by atoms with Gasteiger partial charge in [-0.25, -0.2) is 0 Å². The molecule has 2 amide bonds. The van der Waals surface area contributed by atoms with Crippen LogP contribution in [0.1, 0.15) is 31.6 Å². The molecule has 0 saturated carbocycles. The normalized spacial score (nSPS) is 13.8. The Hall–Kier alpha value is -3.80. The first-order chi connectivity index (χ1) is 15.6. The molecule has 0 fully saturated rings. The van der Waals surface area contributed by atoms with Crippen LogP contribution in [0.3, 0.4) is 0 Å². The SMILES string of the molecule is CCCOc1ccc(C2=C(N(CC)c3ccccc3)C(=O)N(Cc3ccco3)C2=O)cc1. The molecule has 6 nitrogen and oxygen atoms in total. The fraction of sp³-hybridized carbons (Fsp3) is 0.231. The summed E-state index contributed by atoms with van der Waals surface area (Å²) in [6, 6.07) is 20.5. The Morgan fingerprint density at radius 3 is 2.28 bits per heavy atom. The maximum absolute atomic E-state index is 13.5. The molecule has 0 N–H and O–H groups in total. The highest BCUT2D eigenvalue weighted by molar-refractivity contribution is 6.36. The van der Waals surface area contributed by atoms with E-state index in [0.29, 0.717) is 35.7 Å². The lowest BCUT2D eigenvalue weighted by Gasteiger charge is -2.24. The van der Waals surface area contributed by atoms with E-state index in [-0.39, 0.29) is 18.4 Å². The minimum atomic E-state index is -0.335. The quantitative estimate of drug-likeness (QED) is 0.453. The zero-order valence-corrected chi connectivity index (χ0v) is 18.3. The van der Waals surface area contributed by atoms with Crippen molar-refractivity contribution in [1.29, 1.82) is 0 Å². The average molecular weight is 431 g/mol. The first-order valence-electron chi connectivity index (χ1n) is 10.8. The molecule has 32 heavy (non-hydrogen) atoms. The van der Waals surface area contributed by atoms with Crippen molar-refractivity contribution in [3.05, 3.63) is 90.0 Å². The van der Waals surface area contributed by atoms with Gasteiger partial charge in [-0.3, -0.25) is 14.5 Å². The Morgan fingerprint density at radius 1 is 0.906 bits per heavy atom. The van der Waals surface area contributed by atoms with Gasteiger partial charge < -0.3 is 14.1 Å². The van der Waals surface area contributed by atoms with Gasteiger partial charge in [0, 0.05) is 12.2 Å². The van der Waals surface area contributed by atoms with Crippen molar-refractivity contribution in [2.75, 3.05) is 18.1 Å². The van der Waals surface area contributed by atoms with Gasteiger partial charge in [0.15, 0.2) is 0 Å². The number of benzene rings is 2. The number of rotatable bonds is 9. The second kappa shape index (κ2) is 9.56. The third-order valence-electron chi connectivity index (χ3n) is 5.31. The number of hydrogen-bond acceptors (Lipinski definition) is 5. The van der Waals surface area contributed by atoms with Crippen LogP contribution in [0.2, 0.25) is 0 Å². The third-order valence-corrected chi connectivity index (χ3v) is 5.31. The molecule has 1 aromatic heterocycles. The van der Waals surface area contributed by atoms with Gasteiger partial charge >= 0.3 is 0 Å². The van der Waals surface area contributed by atoms with Crippen LogP contribution in [-0.4, -0.2) is 29.9 Å². The Labute approximate surface area is 187 Å².